The molecule has 8 nitrogen and oxygen atoms in total. The van der Waals surface area contributed by atoms with Crippen LogP contribution in [0.1, 0.15) is 53.4 Å². The zero-order valence-corrected chi connectivity index (χ0v) is 22.7. The summed E-state index contributed by atoms with van der Waals surface area (Å²) in [5, 5.41) is 12.1. The summed E-state index contributed by atoms with van der Waals surface area (Å²) in [5.74, 6) is -2.54. The molecule has 2 amide bonds. The van der Waals surface area contributed by atoms with Crippen LogP contribution in [0.4, 0.5) is 11.4 Å². The summed E-state index contributed by atoms with van der Waals surface area (Å²) in [6.45, 7) is 10.5. The summed E-state index contributed by atoms with van der Waals surface area (Å²) in [6.07, 6.45) is 7.06. The van der Waals surface area contributed by atoms with E-state index in [4.69, 9.17) is 9.84 Å². The molecule has 0 radical (unpaired) electrons. The molecule has 1 fully saturated rings. The molecule has 0 unspecified atom stereocenters. The lowest BCUT2D eigenvalue weighted by molar-refractivity contribution is -0.155. The highest BCUT2D eigenvalue weighted by Gasteiger charge is 2.56. The molecular formula is C29H43N3O5. The molecule has 2 aliphatic rings. The van der Waals surface area contributed by atoms with Crippen molar-refractivity contribution in [2.45, 2.75) is 59.4 Å². The number of rotatable bonds is 13. The molecule has 0 aromatic heterocycles. The van der Waals surface area contributed by atoms with Crippen LogP contribution in [-0.2, 0) is 19.1 Å². The van der Waals surface area contributed by atoms with E-state index in [2.05, 4.69) is 24.1 Å². The number of carbonyl (C=O) groups excluding carboxylic acids is 3. The molecule has 1 aromatic rings. The molecule has 1 heterocycles. The maximum Gasteiger partial charge on any atom is 0.310 e. The highest BCUT2D eigenvalue weighted by atomic mass is 16.5. The summed E-state index contributed by atoms with van der Waals surface area (Å²) >= 11 is 0. The molecule has 1 aliphatic carbocycles. The number of nitrogens with zero attached hydrogens (tertiary/aromatic N) is 2. The third kappa shape index (κ3) is 6.53. The number of carbonyl (C=O) groups is 3. The Morgan fingerprint density at radius 1 is 1.03 bits per heavy atom. The Morgan fingerprint density at radius 3 is 2.32 bits per heavy atom. The van der Waals surface area contributed by atoms with Gasteiger partial charge in [-0.1, -0.05) is 31.9 Å². The van der Waals surface area contributed by atoms with Crippen molar-refractivity contribution in [1.29, 1.82) is 0 Å². The highest BCUT2D eigenvalue weighted by molar-refractivity contribution is 6.01. The predicted octanol–water partition coefficient (Wildman–Crippen LogP) is 3.85. The van der Waals surface area contributed by atoms with Crippen LogP contribution in [0, 0.1) is 23.7 Å². The monoisotopic (exact) mass is 513 g/mol. The third-order valence-corrected chi connectivity index (χ3v) is 7.67. The van der Waals surface area contributed by atoms with E-state index in [0.29, 0.717) is 12.2 Å². The van der Waals surface area contributed by atoms with Crippen LogP contribution in [-0.4, -0.2) is 66.7 Å². The first kappa shape index (κ1) is 28.7. The molecule has 5 atom stereocenters. The number of unbranched alkanes of at least 4 members (excludes halogenated alkanes) is 3. The molecule has 0 bridgehead atoms. The lowest BCUT2D eigenvalue weighted by Crippen LogP contribution is -2.44. The van der Waals surface area contributed by atoms with Crippen molar-refractivity contribution in [2.24, 2.45) is 23.7 Å². The van der Waals surface area contributed by atoms with Gasteiger partial charge < -0.3 is 25.0 Å². The van der Waals surface area contributed by atoms with Crippen molar-refractivity contribution >= 4 is 29.2 Å². The second-order valence-corrected chi connectivity index (χ2v) is 9.95. The largest absolute Gasteiger partial charge is 0.466 e. The number of nitrogens with one attached hydrogen (secondary N) is 1. The van der Waals surface area contributed by atoms with Gasteiger partial charge in [-0.25, -0.2) is 0 Å². The van der Waals surface area contributed by atoms with Crippen molar-refractivity contribution in [1.82, 2.24) is 4.90 Å². The number of aliphatic hydroxyl groups is 1. The van der Waals surface area contributed by atoms with Gasteiger partial charge in [0.25, 0.3) is 0 Å². The average Bonchev–Trinajstić information content (AvgIpc) is 3.17. The van der Waals surface area contributed by atoms with Gasteiger partial charge in [-0.15, -0.1) is 0 Å². The summed E-state index contributed by atoms with van der Waals surface area (Å²) in [7, 11) is 0. The van der Waals surface area contributed by atoms with Gasteiger partial charge in [-0.05, 0) is 63.8 Å². The van der Waals surface area contributed by atoms with Crippen molar-refractivity contribution in [2.75, 3.05) is 43.1 Å². The average molecular weight is 514 g/mol. The quantitative estimate of drug-likeness (QED) is 0.236. The van der Waals surface area contributed by atoms with E-state index in [-0.39, 0.29) is 36.9 Å². The Bertz CT molecular complexity index is 943. The van der Waals surface area contributed by atoms with Crippen LogP contribution in [0.5, 0.6) is 0 Å². The topological polar surface area (TPSA) is 99.2 Å². The zero-order chi connectivity index (χ0) is 26.9. The third-order valence-electron chi connectivity index (χ3n) is 7.67. The van der Waals surface area contributed by atoms with E-state index >= 15 is 0 Å². The van der Waals surface area contributed by atoms with Crippen molar-refractivity contribution in [3.8, 4) is 0 Å². The number of likely N-dealkylation sites (tertiary alicyclic amines) is 1. The second kappa shape index (κ2) is 13.6. The van der Waals surface area contributed by atoms with E-state index < -0.39 is 23.8 Å². The lowest BCUT2D eigenvalue weighted by atomic mass is 9.70. The Labute approximate surface area is 221 Å². The number of hydrogen-bond acceptors (Lipinski definition) is 6. The standard InChI is InChI=1S/C29H43N3O5/c1-5-31(6-2)22-15-13-21(14-16-22)30-27(34)26-23-17-12-20(4)24(29(36)37-7-3)25(23)28(35)32(26)18-10-8-9-11-19-33/h12-17,20,23-26,33H,5-11,18-19H2,1-4H3,(H,30,34)/t20-,23+,24-,25+,26+/m1/s1. The Balaban J connectivity index is 1.84. The number of aliphatic hydroxyl groups excluding tert-OH is 1. The second-order valence-electron chi connectivity index (χ2n) is 9.95. The molecule has 0 spiro atoms. The van der Waals surface area contributed by atoms with E-state index in [1.807, 2.05) is 43.3 Å². The Kier molecular flexibility index (Phi) is 10.6. The maximum atomic E-state index is 13.7. The first-order valence-electron chi connectivity index (χ1n) is 13.8. The summed E-state index contributed by atoms with van der Waals surface area (Å²) < 4.78 is 5.34. The van der Waals surface area contributed by atoms with Crippen LogP contribution in [0.25, 0.3) is 0 Å². The normalized spacial score (nSPS) is 24.6. The number of fused-ring (bicyclic) bond motifs is 1. The highest BCUT2D eigenvalue weighted by Crippen LogP contribution is 2.44. The minimum Gasteiger partial charge on any atom is -0.466 e. The molecular weight excluding hydrogens is 470 g/mol. The van der Waals surface area contributed by atoms with Crippen LogP contribution < -0.4 is 10.2 Å². The van der Waals surface area contributed by atoms with E-state index in [9.17, 15) is 14.4 Å². The molecule has 1 saturated heterocycles. The number of hydrogen-bond donors (Lipinski definition) is 2. The van der Waals surface area contributed by atoms with E-state index in [1.54, 1.807) is 11.8 Å². The zero-order valence-electron chi connectivity index (χ0n) is 22.7. The fourth-order valence-electron chi connectivity index (χ4n) is 5.74. The number of allylic oxidation sites excluding steroid dienone is 1. The van der Waals surface area contributed by atoms with Gasteiger partial charge >= 0.3 is 5.97 Å². The molecule has 204 valence electrons. The minimum absolute atomic E-state index is 0.148. The number of amides is 2. The Hall–Kier alpha value is -2.87. The van der Waals surface area contributed by atoms with E-state index in [0.717, 1.165) is 44.5 Å². The van der Waals surface area contributed by atoms with E-state index in [1.165, 1.54) is 0 Å². The SMILES string of the molecule is CCOC(=O)[C@H]1[C@H]2C(=O)N(CCCCCCO)[C@H](C(=O)Nc3ccc(N(CC)CC)cc3)[C@H]2C=C[C@H]1C. The molecule has 1 aliphatic heterocycles. The first-order valence-corrected chi connectivity index (χ1v) is 13.8. The minimum atomic E-state index is -0.696. The van der Waals surface area contributed by atoms with Gasteiger partial charge in [-0.2, -0.15) is 0 Å². The molecule has 1 aromatic carbocycles. The van der Waals surface area contributed by atoms with Crippen molar-refractivity contribution in [3.63, 3.8) is 0 Å². The maximum absolute atomic E-state index is 13.7. The van der Waals surface area contributed by atoms with Crippen molar-refractivity contribution in [3.05, 3.63) is 36.4 Å². The van der Waals surface area contributed by atoms with Gasteiger partial charge in [0.2, 0.25) is 11.8 Å². The number of benzene rings is 1. The fraction of sp³-hybridized carbons (Fsp3) is 0.621. The summed E-state index contributed by atoms with van der Waals surface area (Å²) in [6, 6.07) is 7.06. The van der Waals surface area contributed by atoms with Gasteiger partial charge in [0, 0.05) is 43.5 Å². The first-order chi connectivity index (χ1) is 17.9. The van der Waals surface area contributed by atoms with Gasteiger partial charge in [0.05, 0.1) is 18.4 Å². The summed E-state index contributed by atoms with van der Waals surface area (Å²) in [5.41, 5.74) is 1.76. The predicted molar refractivity (Wildman–Crippen MR) is 145 cm³/mol. The van der Waals surface area contributed by atoms with Crippen LogP contribution in [0.3, 0.4) is 0 Å². The number of anilines is 2. The smallest absolute Gasteiger partial charge is 0.310 e. The lowest BCUT2D eigenvalue weighted by Gasteiger charge is -2.32. The van der Waals surface area contributed by atoms with Gasteiger partial charge in [0.15, 0.2) is 0 Å². The number of ether oxygens (including phenoxy) is 1. The molecule has 37 heavy (non-hydrogen) atoms. The molecule has 2 N–H and O–H groups in total. The van der Waals surface area contributed by atoms with Gasteiger partial charge in [0.1, 0.15) is 6.04 Å². The molecule has 8 heteroatoms. The van der Waals surface area contributed by atoms with Gasteiger partial charge in [-0.3, -0.25) is 14.4 Å². The Morgan fingerprint density at radius 2 is 1.70 bits per heavy atom. The van der Waals surface area contributed by atoms with Crippen molar-refractivity contribution < 1.29 is 24.2 Å². The fourth-order valence-corrected chi connectivity index (χ4v) is 5.74. The molecule has 3 rings (SSSR count). The van der Waals surface area contributed by atoms with Crippen LogP contribution >= 0.6 is 0 Å². The van der Waals surface area contributed by atoms with Crippen LogP contribution in [0.15, 0.2) is 36.4 Å². The van der Waals surface area contributed by atoms with Crippen LogP contribution in [0.2, 0.25) is 0 Å². The molecule has 0 saturated carbocycles. The summed E-state index contributed by atoms with van der Waals surface area (Å²) in [4.78, 5) is 44.2. The number of esters is 1.